The number of benzene rings is 3. The van der Waals surface area contributed by atoms with E-state index in [2.05, 4.69) is 5.32 Å². The van der Waals surface area contributed by atoms with Crippen LogP contribution in [0.2, 0.25) is 0 Å². The van der Waals surface area contributed by atoms with Crippen LogP contribution in [-0.4, -0.2) is 31.2 Å². The molecule has 0 aliphatic carbocycles. The molecular formula is C25H25FN2O3S. The molecule has 1 heterocycles. The summed E-state index contributed by atoms with van der Waals surface area (Å²) in [5.74, 6) is -1.15. The number of hydrogen-bond acceptors (Lipinski definition) is 3. The highest BCUT2D eigenvalue weighted by molar-refractivity contribution is 7.89. The molecule has 0 saturated carbocycles. The maximum Gasteiger partial charge on any atom is 0.247 e. The Labute approximate surface area is 187 Å². The van der Waals surface area contributed by atoms with Crippen molar-refractivity contribution in [1.29, 1.82) is 0 Å². The number of hydrogen-bond donors (Lipinski definition) is 1. The molecule has 3 aromatic rings. The molecular weight excluding hydrogens is 427 g/mol. The average molecular weight is 453 g/mol. The van der Waals surface area contributed by atoms with Gasteiger partial charge < -0.3 is 5.32 Å². The van der Waals surface area contributed by atoms with E-state index in [0.717, 1.165) is 27.1 Å². The van der Waals surface area contributed by atoms with Crippen molar-refractivity contribution in [2.45, 2.75) is 36.7 Å². The lowest BCUT2D eigenvalue weighted by atomic mass is 9.95. The van der Waals surface area contributed by atoms with Crippen LogP contribution in [0, 0.1) is 5.82 Å². The van der Waals surface area contributed by atoms with Crippen LogP contribution in [0.4, 0.5) is 4.39 Å². The summed E-state index contributed by atoms with van der Waals surface area (Å²) >= 11 is 0. The topological polar surface area (TPSA) is 66.5 Å². The van der Waals surface area contributed by atoms with E-state index in [1.54, 1.807) is 0 Å². The fourth-order valence-electron chi connectivity index (χ4n) is 4.03. The van der Waals surface area contributed by atoms with Crippen LogP contribution >= 0.6 is 0 Å². The normalized spacial score (nSPS) is 17.4. The standard InChI is InChI=1S/C25H25FN2O3S/c1-18(19-9-3-2-4-10-19)16-27-25(29)23-15-20-11-5-6-12-21(20)17-28(23)32(30,31)24-14-8-7-13-22(24)26/h2-14,18,23H,15-17H2,1H3,(H,27,29)/t18-,23-/m0/s1. The Morgan fingerprint density at radius 1 is 1.00 bits per heavy atom. The zero-order chi connectivity index (χ0) is 22.7. The second kappa shape index (κ2) is 9.22. The SMILES string of the molecule is C[C@@H](CNC(=O)[C@@H]1Cc2ccccc2CN1S(=O)(=O)c1ccccc1F)c1ccccc1. The second-order valence-corrected chi connectivity index (χ2v) is 9.89. The lowest BCUT2D eigenvalue weighted by Crippen LogP contribution is -2.53. The van der Waals surface area contributed by atoms with Gasteiger partial charge in [0, 0.05) is 13.1 Å². The smallest absolute Gasteiger partial charge is 0.247 e. The van der Waals surface area contributed by atoms with Crippen molar-refractivity contribution in [2.24, 2.45) is 0 Å². The Morgan fingerprint density at radius 3 is 2.34 bits per heavy atom. The second-order valence-electron chi connectivity index (χ2n) is 8.03. The Morgan fingerprint density at radius 2 is 1.62 bits per heavy atom. The molecule has 0 aromatic heterocycles. The average Bonchev–Trinajstić information content (AvgIpc) is 2.82. The highest BCUT2D eigenvalue weighted by atomic mass is 32.2. The van der Waals surface area contributed by atoms with E-state index in [1.165, 1.54) is 18.2 Å². The van der Waals surface area contributed by atoms with Crippen molar-refractivity contribution in [3.63, 3.8) is 0 Å². The zero-order valence-corrected chi connectivity index (χ0v) is 18.6. The third-order valence-electron chi connectivity index (χ3n) is 5.88. The molecule has 5 nitrogen and oxygen atoms in total. The van der Waals surface area contributed by atoms with Crippen LogP contribution in [0.5, 0.6) is 0 Å². The van der Waals surface area contributed by atoms with Gasteiger partial charge in [-0.1, -0.05) is 73.7 Å². The molecule has 0 fully saturated rings. The van der Waals surface area contributed by atoms with Gasteiger partial charge >= 0.3 is 0 Å². The quantitative estimate of drug-likeness (QED) is 0.618. The van der Waals surface area contributed by atoms with Crippen LogP contribution in [0.15, 0.2) is 83.8 Å². The van der Waals surface area contributed by atoms with Crippen molar-refractivity contribution >= 4 is 15.9 Å². The largest absolute Gasteiger partial charge is 0.354 e. The monoisotopic (exact) mass is 452 g/mol. The summed E-state index contributed by atoms with van der Waals surface area (Å²) in [5, 5.41) is 2.91. The number of amides is 1. The first-order valence-electron chi connectivity index (χ1n) is 10.5. The van der Waals surface area contributed by atoms with Gasteiger partial charge in [0.05, 0.1) is 0 Å². The van der Waals surface area contributed by atoms with Gasteiger partial charge in [-0.3, -0.25) is 4.79 Å². The van der Waals surface area contributed by atoms with Crippen LogP contribution in [0.1, 0.15) is 29.5 Å². The Balaban J connectivity index is 1.62. The third-order valence-corrected chi connectivity index (χ3v) is 7.77. The molecule has 32 heavy (non-hydrogen) atoms. The molecule has 4 rings (SSSR count). The molecule has 0 bridgehead atoms. The van der Waals surface area contributed by atoms with Gasteiger partial charge in [-0.05, 0) is 41.2 Å². The van der Waals surface area contributed by atoms with Crippen LogP contribution in [-0.2, 0) is 27.8 Å². The Hall–Kier alpha value is -3.03. The van der Waals surface area contributed by atoms with E-state index in [1.807, 2.05) is 61.5 Å². The molecule has 166 valence electrons. The zero-order valence-electron chi connectivity index (χ0n) is 17.7. The van der Waals surface area contributed by atoms with Gasteiger partial charge in [-0.2, -0.15) is 4.31 Å². The third kappa shape index (κ3) is 4.45. The molecule has 0 unspecified atom stereocenters. The van der Waals surface area contributed by atoms with Crippen LogP contribution in [0.25, 0.3) is 0 Å². The van der Waals surface area contributed by atoms with Gasteiger partial charge in [0.2, 0.25) is 15.9 Å². The van der Waals surface area contributed by atoms with Crippen molar-refractivity contribution in [3.05, 3.63) is 101 Å². The van der Waals surface area contributed by atoms with E-state index in [9.17, 15) is 17.6 Å². The number of nitrogens with one attached hydrogen (secondary N) is 1. The first-order chi connectivity index (χ1) is 15.4. The highest BCUT2D eigenvalue weighted by Crippen LogP contribution is 2.30. The Bertz CT molecular complexity index is 1210. The van der Waals surface area contributed by atoms with E-state index in [-0.39, 0.29) is 24.8 Å². The minimum absolute atomic E-state index is 0.0131. The van der Waals surface area contributed by atoms with Gasteiger partial charge in [-0.15, -0.1) is 0 Å². The summed E-state index contributed by atoms with van der Waals surface area (Å²) in [6, 6.07) is 21.5. The summed E-state index contributed by atoms with van der Waals surface area (Å²) in [5.41, 5.74) is 2.82. The predicted octanol–water partition coefficient (Wildman–Crippen LogP) is 3.86. The van der Waals surface area contributed by atoms with Crippen molar-refractivity contribution in [2.75, 3.05) is 6.54 Å². The highest BCUT2D eigenvalue weighted by Gasteiger charge is 2.40. The molecule has 1 amide bonds. The molecule has 0 spiro atoms. The lowest BCUT2D eigenvalue weighted by molar-refractivity contribution is -0.125. The number of sulfonamides is 1. The molecule has 2 atom stereocenters. The fourth-order valence-corrected chi connectivity index (χ4v) is 5.66. The number of halogens is 1. The first-order valence-corrected chi connectivity index (χ1v) is 12.0. The molecule has 1 aliphatic rings. The maximum atomic E-state index is 14.4. The molecule has 7 heteroatoms. The predicted molar refractivity (Wildman–Crippen MR) is 121 cm³/mol. The summed E-state index contributed by atoms with van der Waals surface area (Å²) in [7, 11) is -4.22. The lowest BCUT2D eigenvalue weighted by Gasteiger charge is -2.35. The van der Waals surface area contributed by atoms with E-state index < -0.39 is 26.8 Å². The number of rotatable bonds is 6. The minimum Gasteiger partial charge on any atom is -0.354 e. The number of nitrogens with zero attached hydrogens (tertiary/aromatic N) is 1. The number of fused-ring (bicyclic) bond motifs is 1. The minimum atomic E-state index is -4.22. The van der Waals surface area contributed by atoms with Crippen molar-refractivity contribution < 1.29 is 17.6 Å². The molecule has 1 aliphatic heterocycles. The van der Waals surface area contributed by atoms with E-state index in [0.29, 0.717) is 6.54 Å². The maximum absolute atomic E-state index is 14.4. The molecule has 0 saturated heterocycles. The van der Waals surface area contributed by atoms with E-state index in [4.69, 9.17) is 0 Å². The summed E-state index contributed by atoms with van der Waals surface area (Å²) in [6.45, 7) is 2.38. The summed E-state index contributed by atoms with van der Waals surface area (Å²) in [4.78, 5) is 12.8. The molecule has 0 radical (unpaired) electrons. The van der Waals surface area contributed by atoms with Crippen molar-refractivity contribution in [1.82, 2.24) is 9.62 Å². The van der Waals surface area contributed by atoms with Gasteiger partial charge in [0.15, 0.2) is 0 Å². The van der Waals surface area contributed by atoms with Gasteiger partial charge in [0.1, 0.15) is 16.8 Å². The van der Waals surface area contributed by atoms with Crippen molar-refractivity contribution in [3.8, 4) is 0 Å². The number of carbonyl (C=O) groups is 1. The first kappa shape index (κ1) is 22.2. The summed E-state index contributed by atoms with van der Waals surface area (Å²) in [6.07, 6.45) is 0.232. The fraction of sp³-hybridized carbons (Fsp3) is 0.240. The molecule has 1 N–H and O–H groups in total. The van der Waals surface area contributed by atoms with Crippen LogP contribution < -0.4 is 5.32 Å². The Kier molecular flexibility index (Phi) is 6.39. The van der Waals surface area contributed by atoms with Gasteiger partial charge in [-0.25, -0.2) is 12.8 Å². The van der Waals surface area contributed by atoms with Gasteiger partial charge in [0.25, 0.3) is 0 Å². The summed E-state index contributed by atoms with van der Waals surface area (Å²) < 4.78 is 42.3. The number of carbonyl (C=O) groups excluding carboxylic acids is 1. The van der Waals surface area contributed by atoms with E-state index >= 15 is 0 Å². The van der Waals surface area contributed by atoms with Crippen LogP contribution in [0.3, 0.4) is 0 Å². The molecule has 3 aromatic carbocycles.